The van der Waals surface area contributed by atoms with Crippen LogP contribution in [0.25, 0.3) is 66.4 Å². The van der Waals surface area contributed by atoms with Crippen LogP contribution in [0.2, 0.25) is 0 Å². The van der Waals surface area contributed by atoms with Crippen LogP contribution in [-0.2, 0) is 10.8 Å². The second kappa shape index (κ2) is 11.9. The summed E-state index contributed by atoms with van der Waals surface area (Å²) in [6.07, 6.45) is 0. The van der Waals surface area contributed by atoms with E-state index in [1.165, 1.54) is 111 Å². The van der Waals surface area contributed by atoms with Gasteiger partial charge in [-0.15, -0.1) is 0 Å². The van der Waals surface area contributed by atoms with Crippen molar-refractivity contribution in [1.29, 1.82) is 0 Å². The average molecular weight is 773 g/mol. The molecule has 1 nitrogen and oxygen atoms in total. The average Bonchev–Trinajstić information content (AvgIpc) is 3.92. The van der Waals surface area contributed by atoms with Crippen LogP contribution in [0.4, 0.5) is 0 Å². The van der Waals surface area contributed by atoms with Gasteiger partial charge < -0.3 is 4.74 Å². The molecule has 0 fully saturated rings. The minimum atomic E-state index is -0.495. The lowest BCUT2D eigenvalue weighted by Gasteiger charge is -2.39. The van der Waals surface area contributed by atoms with Crippen LogP contribution in [0.1, 0.15) is 44.5 Å². The Hall–Kier alpha value is -7.74. The normalized spacial score (nSPS) is 16.2. The Labute approximate surface area is 354 Å². The number of fused-ring (bicyclic) bond motifs is 21. The molecule has 0 bridgehead atoms. The second-order valence-electron chi connectivity index (χ2n) is 17.0. The number of hydrogen-bond acceptors (Lipinski definition) is 1. The van der Waals surface area contributed by atoms with Crippen molar-refractivity contribution < 1.29 is 4.74 Å². The first-order chi connectivity index (χ1) is 30.3. The standard InChI is InChI=1S/C60H36O/c1-2-15-41-38(14-1)32-34-53-58(41)46-19-6-10-24-50(46)60(53)49-23-9-5-18-45(49)57-42(20-13-26-52(57)60)39-30-28-37(29-31-39)40-33-35-56-54(36-40)59(51-25-11-12-27-55(51)61-56)47-21-7-3-16-43(47)44-17-4-8-22-48(44)59/h1-36H. The third kappa shape index (κ3) is 4.06. The molecule has 1 aliphatic heterocycles. The van der Waals surface area contributed by atoms with Gasteiger partial charge in [-0.3, -0.25) is 0 Å². The maximum absolute atomic E-state index is 6.74. The van der Waals surface area contributed by atoms with Gasteiger partial charge in [-0.1, -0.05) is 200 Å². The minimum Gasteiger partial charge on any atom is -0.457 e. The fraction of sp³-hybridized carbons (Fsp3) is 0.0333. The van der Waals surface area contributed by atoms with Crippen LogP contribution in [0.3, 0.4) is 0 Å². The van der Waals surface area contributed by atoms with Crippen molar-refractivity contribution in [2.45, 2.75) is 10.8 Å². The van der Waals surface area contributed by atoms with Crippen LogP contribution >= 0.6 is 0 Å². The molecule has 282 valence electrons. The summed E-state index contributed by atoms with van der Waals surface area (Å²) in [5.74, 6) is 1.82. The van der Waals surface area contributed by atoms with E-state index in [0.717, 1.165) is 11.5 Å². The van der Waals surface area contributed by atoms with Gasteiger partial charge in [0.25, 0.3) is 0 Å². The highest BCUT2D eigenvalue weighted by atomic mass is 16.5. The van der Waals surface area contributed by atoms with E-state index in [1.54, 1.807) is 0 Å². The summed E-state index contributed by atoms with van der Waals surface area (Å²) < 4.78 is 6.74. The molecule has 0 radical (unpaired) electrons. The molecular formula is C60H36O. The number of rotatable bonds is 2. The van der Waals surface area contributed by atoms with Gasteiger partial charge in [0.2, 0.25) is 0 Å². The molecule has 2 spiro atoms. The first-order valence-electron chi connectivity index (χ1n) is 21.3. The van der Waals surface area contributed by atoms with Crippen LogP contribution in [0.15, 0.2) is 218 Å². The van der Waals surface area contributed by atoms with Gasteiger partial charge in [0, 0.05) is 11.1 Å². The number of hydrogen-bond donors (Lipinski definition) is 0. The summed E-state index contributed by atoms with van der Waals surface area (Å²) in [4.78, 5) is 0. The SMILES string of the molecule is c1ccc2c(c1)Oc1ccc(-c3ccc(-c4cccc5c4-c4ccccc4C54c5ccccc5-c5c4ccc4ccccc54)cc3)cc1C21c2ccccc2-c2ccccc21. The van der Waals surface area contributed by atoms with E-state index < -0.39 is 10.8 Å². The number of benzene rings is 10. The molecule has 0 saturated carbocycles. The van der Waals surface area contributed by atoms with Crippen molar-refractivity contribution in [1.82, 2.24) is 0 Å². The van der Waals surface area contributed by atoms with Crippen LogP contribution in [0, 0.1) is 0 Å². The highest BCUT2D eigenvalue weighted by molar-refractivity contribution is 6.07. The Morgan fingerprint density at radius 2 is 0.738 bits per heavy atom. The van der Waals surface area contributed by atoms with Gasteiger partial charge in [0.05, 0.1) is 10.8 Å². The van der Waals surface area contributed by atoms with Crippen molar-refractivity contribution in [3.8, 4) is 67.1 Å². The molecule has 3 aliphatic carbocycles. The van der Waals surface area contributed by atoms with Gasteiger partial charge in [-0.2, -0.15) is 0 Å². The second-order valence-corrected chi connectivity index (χ2v) is 17.0. The maximum Gasteiger partial charge on any atom is 0.132 e. The highest BCUT2D eigenvalue weighted by Gasteiger charge is 2.53. The van der Waals surface area contributed by atoms with Gasteiger partial charge >= 0.3 is 0 Å². The van der Waals surface area contributed by atoms with Gasteiger partial charge in [0.15, 0.2) is 0 Å². The summed E-state index contributed by atoms with van der Waals surface area (Å²) in [6, 6.07) is 81.3. The largest absolute Gasteiger partial charge is 0.457 e. The quantitative estimate of drug-likeness (QED) is 0.170. The molecule has 0 aromatic heterocycles. The Balaban J connectivity index is 0.935. The molecule has 0 N–H and O–H groups in total. The van der Waals surface area contributed by atoms with E-state index in [2.05, 4.69) is 218 Å². The van der Waals surface area contributed by atoms with Crippen LogP contribution in [0.5, 0.6) is 11.5 Å². The van der Waals surface area contributed by atoms with Gasteiger partial charge in [-0.05, 0) is 118 Å². The van der Waals surface area contributed by atoms with Crippen molar-refractivity contribution in [3.63, 3.8) is 0 Å². The highest BCUT2D eigenvalue weighted by Crippen LogP contribution is 2.65. The Kier molecular flexibility index (Phi) is 6.48. The summed E-state index contributed by atoms with van der Waals surface area (Å²) in [6.45, 7) is 0. The Bertz CT molecular complexity index is 3470. The lowest BCUT2D eigenvalue weighted by molar-refractivity contribution is 0.436. The molecule has 10 aromatic carbocycles. The fourth-order valence-corrected chi connectivity index (χ4v) is 12.1. The van der Waals surface area contributed by atoms with E-state index in [4.69, 9.17) is 4.74 Å². The summed E-state index contributed by atoms with van der Waals surface area (Å²) in [5, 5.41) is 2.59. The smallest absolute Gasteiger partial charge is 0.132 e. The van der Waals surface area contributed by atoms with Crippen molar-refractivity contribution in [2.24, 2.45) is 0 Å². The lowest BCUT2D eigenvalue weighted by atomic mass is 9.66. The molecule has 61 heavy (non-hydrogen) atoms. The Morgan fingerprint density at radius 3 is 1.46 bits per heavy atom. The van der Waals surface area contributed by atoms with Crippen LogP contribution < -0.4 is 4.74 Å². The predicted molar refractivity (Wildman–Crippen MR) is 248 cm³/mol. The third-order valence-corrected chi connectivity index (χ3v) is 14.4. The predicted octanol–water partition coefficient (Wildman–Crippen LogP) is 15.0. The molecule has 1 heterocycles. The summed E-state index contributed by atoms with van der Waals surface area (Å²) >= 11 is 0. The van der Waals surface area contributed by atoms with Gasteiger partial charge in [0.1, 0.15) is 11.5 Å². The van der Waals surface area contributed by atoms with E-state index in [0.29, 0.717) is 0 Å². The molecule has 1 atom stereocenters. The first kappa shape index (κ1) is 33.1. The first-order valence-corrected chi connectivity index (χ1v) is 21.3. The fourth-order valence-electron chi connectivity index (χ4n) is 12.1. The summed E-state index contributed by atoms with van der Waals surface area (Å²) in [5.41, 5.74) is 22.2. The molecular weight excluding hydrogens is 737 g/mol. The zero-order valence-corrected chi connectivity index (χ0v) is 33.2. The van der Waals surface area contributed by atoms with E-state index in [-0.39, 0.29) is 0 Å². The van der Waals surface area contributed by atoms with E-state index in [1.807, 2.05) is 0 Å². The van der Waals surface area contributed by atoms with Crippen LogP contribution in [-0.4, -0.2) is 0 Å². The zero-order chi connectivity index (χ0) is 39.9. The lowest BCUT2D eigenvalue weighted by Crippen LogP contribution is -2.32. The molecule has 4 aliphatic rings. The third-order valence-electron chi connectivity index (χ3n) is 14.4. The Morgan fingerprint density at radius 1 is 0.262 bits per heavy atom. The molecule has 0 amide bonds. The molecule has 0 saturated heterocycles. The number of ether oxygens (including phenoxy) is 1. The zero-order valence-electron chi connectivity index (χ0n) is 33.2. The molecule has 1 heteroatoms. The van der Waals surface area contributed by atoms with Crippen molar-refractivity contribution in [2.75, 3.05) is 0 Å². The summed E-state index contributed by atoms with van der Waals surface area (Å²) in [7, 11) is 0. The topological polar surface area (TPSA) is 9.23 Å². The minimum absolute atomic E-state index is 0.408. The molecule has 1 unspecified atom stereocenters. The number of para-hydroxylation sites is 1. The maximum atomic E-state index is 6.74. The van der Waals surface area contributed by atoms with E-state index >= 15 is 0 Å². The van der Waals surface area contributed by atoms with Crippen molar-refractivity contribution >= 4 is 10.8 Å². The van der Waals surface area contributed by atoms with Gasteiger partial charge in [-0.25, -0.2) is 0 Å². The van der Waals surface area contributed by atoms with Crippen molar-refractivity contribution in [3.05, 3.63) is 263 Å². The monoisotopic (exact) mass is 772 g/mol. The molecule has 10 aromatic rings. The van der Waals surface area contributed by atoms with E-state index in [9.17, 15) is 0 Å². The molecule has 14 rings (SSSR count).